The normalized spacial score (nSPS) is 19.0. The molecular formula is C42H48Cl2N8O7. The quantitative estimate of drug-likeness (QED) is 0.140. The fraction of sp³-hybridized carbons (Fsp3) is 0.452. The van der Waals surface area contributed by atoms with Crippen LogP contribution in [0.15, 0.2) is 42.6 Å². The van der Waals surface area contributed by atoms with Crippen molar-refractivity contribution in [2.45, 2.75) is 77.6 Å². The molecule has 4 aromatic rings. The summed E-state index contributed by atoms with van der Waals surface area (Å²) in [5, 5.41) is 15.6. The van der Waals surface area contributed by atoms with Crippen molar-refractivity contribution in [1.29, 1.82) is 0 Å². The van der Waals surface area contributed by atoms with Crippen molar-refractivity contribution in [1.82, 2.24) is 34.6 Å². The monoisotopic (exact) mass is 846 g/mol. The number of benzene rings is 1. The first-order chi connectivity index (χ1) is 28.1. The van der Waals surface area contributed by atoms with E-state index in [4.69, 9.17) is 42.6 Å². The molecule has 59 heavy (non-hydrogen) atoms. The van der Waals surface area contributed by atoms with Crippen molar-refractivity contribution in [3.8, 4) is 28.4 Å². The summed E-state index contributed by atoms with van der Waals surface area (Å²) >= 11 is 14.0. The molecule has 5 heterocycles. The Morgan fingerprint density at radius 1 is 1.05 bits per heavy atom. The molecule has 17 heteroatoms. The third-order valence-electron chi connectivity index (χ3n) is 11.0. The van der Waals surface area contributed by atoms with Crippen LogP contribution in [0.4, 0.5) is 10.5 Å². The van der Waals surface area contributed by atoms with Crippen LogP contribution in [-0.2, 0) is 40.9 Å². The van der Waals surface area contributed by atoms with Gasteiger partial charge in [-0.3, -0.25) is 24.3 Å². The van der Waals surface area contributed by atoms with Gasteiger partial charge in [0, 0.05) is 75.0 Å². The summed E-state index contributed by atoms with van der Waals surface area (Å²) in [6.45, 7) is 8.01. The molecule has 1 atom stereocenters. The van der Waals surface area contributed by atoms with Crippen LogP contribution in [0.2, 0.25) is 10.0 Å². The topological polar surface area (TPSA) is 181 Å². The van der Waals surface area contributed by atoms with Gasteiger partial charge in [0.2, 0.25) is 11.8 Å². The second-order valence-electron chi connectivity index (χ2n) is 16.4. The Morgan fingerprint density at radius 2 is 1.83 bits per heavy atom. The van der Waals surface area contributed by atoms with Gasteiger partial charge >= 0.3 is 12.1 Å². The highest BCUT2D eigenvalue weighted by molar-refractivity contribution is 6.39. The van der Waals surface area contributed by atoms with E-state index < -0.39 is 23.6 Å². The van der Waals surface area contributed by atoms with Gasteiger partial charge in [-0.05, 0) is 70.2 Å². The number of ether oxygens (including phenoxy) is 2. The number of imidazole rings is 1. The molecule has 1 saturated carbocycles. The predicted molar refractivity (Wildman–Crippen MR) is 221 cm³/mol. The van der Waals surface area contributed by atoms with Crippen LogP contribution in [0.1, 0.15) is 74.0 Å². The first-order valence-electron chi connectivity index (χ1n) is 19.6. The van der Waals surface area contributed by atoms with Gasteiger partial charge < -0.3 is 34.7 Å². The first-order valence-corrected chi connectivity index (χ1v) is 20.4. The number of amides is 3. The molecule has 15 nitrogen and oxygen atoms in total. The van der Waals surface area contributed by atoms with Crippen molar-refractivity contribution >= 4 is 52.8 Å². The Labute approximate surface area is 352 Å². The minimum atomic E-state index is -0.722. The van der Waals surface area contributed by atoms with Crippen molar-refractivity contribution in [3.63, 3.8) is 0 Å². The van der Waals surface area contributed by atoms with Crippen LogP contribution >= 0.6 is 23.2 Å². The average Bonchev–Trinajstić information content (AvgIpc) is 3.74. The lowest BCUT2D eigenvalue weighted by Gasteiger charge is -2.37. The summed E-state index contributed by atoms with van der Waals surface area (Å²) in [7, 11) is 3.32. The van der Waals surface area contributed by atoms with Crippen LogP contribution in [0, 0.1) is 11.8 Å². The lowest BCUT2D eigenvalue weighted by Crippen LogP contribution is -2.43. The molecule has 0 bridgehead atoms. The number of anilines is 1. The van der Waals surface area contributed by atoms with Crippen LogP contribution < -0.4 is 15.4 Å². The molecule has 1 aromatic carbocycles. The number of carboxylic acids is 1. The standard InChI is InChI=1S/C42H48Cl2N8O7/c1-42(2,3)59-41(57)52(21-26-10-12-33(53)46-26)20-24-9-11-29(49-39(24)58-5)27-13-15-45-36(35(27)44)28-7-6-8-31(34(28)43)48-38(54)37-47-30-14-16-51(22-32(30)50(37)4)19-23-17-25(18-23)40(55)56/h6-9,11,13,15,23,25-26H,10,12,14,16-22H2,1-5H3,(H,46,53)(H,48,54)(H,55,56)/t23?,25?,26-/m0/s1. The smallest absolute Gasteiger partial charge is 0.410 e. The zero-order valence-corrected chi connectivity index (χ0v) is 35.2. The van der Waals surface area contributed by atoms with Gasteiger partial charge in [0.25, 0.3) is 5.91 Å². The number of aliphatic carboxylic acids is 1. The highest BCUT2D eigenvalue weighted by Gasteiger charge is 2.36. The number of hydrogen-bond acceptors (Lipinski definition) is 10. The lowest BCUT2D eigenvalue weighted by molar-refractivity contribution is -0.146. The van der Waals surface area contributed by atoms with Gasteiger partial charge in [0.1, 0.15) is 5.60 Å². The largest absolute Gasteiger partial charge is 0.481 e. The molecule has 3 N–H and O–H groups in total. The number of nitrogens with zero attached hydrogens (tertiary/aromatic N) is 6. The van der Waals surface area contributed by atoms with Crippen molar-refractivity contribution in [2.24, 2.45) is 18.9 Å². The molecule has 2 aliphatic heterocycles. The van der Waals surface area contributed by atoms with Crippen molar-refractivity contribution in [3.05, 3.63) is 75.4 Å². The number of methoxy groups -OCH3 is 1. The van der Waals surface area contributed by atoms with E-state index in [9.17, 15) is 24.3 Å². The van der Waals surface area contributed by atoms with Crippen molar-refractivity contribution < 1.29 is 33.8 Å². The molecule has 0 unspecified atom stereocenters. The summed E-state index contributed by atoms with van der Waals surface area (Å²) in [5.74, 6) is -0.541. The fourth-order valence-corrected chi connectivity index (χ4v) is 8.48. The molecule has 312 valence electrons. The highest BCUT2D eigenvalue weighted by atomic mass is 35.5. The second-order valence-corrected chi connectivity index (χ2v) is 17.2. The van der Waals surface area contributed by atoms with Gasteiger partial charge in [0.15, 0.2) is 5.82 Å². The molecule has 3 amide bonds. The molecule has 2 fully saturated rings. The van der Waals surface area contributed by atoms with Gasteiger partial charge in [-0.1, -0.05) is 35.3 Å². The first kappa shape index (κ1) is 41.9. The Balaban J connectivity index is 1.08. The van der Waals surface area contributed by atoms with Crippen molar-refractivity contribution in [2.75, 3.05) is 32.1 Å². The number of carboxylic acid groups (broad SMARTS) is 1. The van der Waals surface area contributed by atoms with E-state index in [1.54, 1.807) is 62.2 Å². The maximum atomic E-state index is 13.7. The number of carbonyl (C=O) groups excluding carboxylic acids is 3. The Morgan fingerprint density at radius 3 is 2.53 bits per heavy atom. The third kappa shape index (κ3) is 9.32. The third-order valence-corrected chi connectivity index (χ3v) is 11.8. The minimum absolute atomic E-state index is 0.0509. The number of hydrogen-bond donors (Lipinski definition) is 3. The number of halogens is 2. The minimum Gasteiger partial charge on any atom is -0.481 e. The molecule has 0 radical (unpaired) electrons. The zero-order chi connectivity index (χ0) is 42.2. The van der Waals surface area contributed by atoms with E-state index in [0.717, 1.165) is 24.5 Å². The molecule has 3 aromatic heterocycles. The summed E-state index contributed by atoms with van der Waals surface area (Å²) < 4.78 is 13.2. The number of pyridine rings is 2. The molecule has 3 aliphatic rings. The SMILES string of the molecule is COc1nc(-c2ccnc(-c3cccc(NC(=O)c4nc5c(n4C)CN(CC4CC(C(=O)O)C4)CC5)c3Cl)c2Cl)ccc1CN(C[C@@H]1CCC(=O)N1)C(=O)OC(C)(C)C. The predicted octanol–water partition coefficient (Wildman–Crippen LogP) is 6.60. The van der Waals surface area contributed by atoms with Crippen LogP contribution in [0.3, 0.4) is 0 Å². The number of nitrogens with one attached hydrogen (secondary N) is 2. The number of aromatic nitrogens is 4. The molecule has 0 spiro atoms. The van der Waals surface area contributed by atoms with E-state index in [1.165, 1.54) is 7.11 Å². The zero-order valence-electron chi connectivity index (χ0n) is 33.7. The fourth-order valence-electron chi connectivity index (χ4n) is 7.90. The second kappa shape index (κ2) is 17.2. The molecule has 1 saturated heterocycles. The molecular weight excluding hydrogens is 799 g/mol. The summed E-state index contributed by atoms with van der Waals surface area (Å²) in [4.78, 5) is 68.0. The molecule has 1 aliphatic carbocycles. The summed E-state index contributed by atoms with van der Waals surface area (Å²) in [6.07, 6.45) is 4.18. The van der Waals surface area contributed by atoms with E-state index >= 15 is 0 Å². The van der Waals surface area contributed by atoms with Gasteiger partial charge in [0.05, 0.1) is 58.1 Å². The van der Waals surface area contributed by atoms with Crippen LogP contribution in [-0.4, -0.2) is 96.7 Å². The average molecular weight is 848 g/mol. The highest BCUT2D eigenvalue weighted by Crippen LogP contribution is 2.41. The van der Waals surface area contributed by atoms with E-state index in [-0.39, 0.29) is 52.7 Å². The maximum Gasteiger partial charge on any atom is 0.410 e. The lowest BCUT2D eigenvalue weighted by atomic mass is 9.74. The summed E-state index contributed by atoms with van der Waals surface area (Å²) in [6, 6.07) is 10.3. The Hall–Kier alpha value is -5.25. The van der Waals surface area contributed by atoms with Gasteiger partial charge in [-0.2, -0.15) is 0 Å². The maximum absolute atomic E-state index is 13.7. The Bertz CT molecular complexity index is 2290. The number of rotatable bonds is 12. The van der Waals surface area contributed by atoms with Crippen LogP contribution in [0.5, 0.6) is 5.88 Å². The Kier molecular flexibility index (Phi) is 12.2. The van der Waals surface area contributed by atoms with Gasteiger partial charge in [-0.25, -0.2) is 14.8 Å². The van der Waals surface area contributed by atoms with E-state index in [0.29, 0.717) is 78.3 Å². The van der Waals surface area contributed by atoms with Crippen LogP contribution in [0.25, 0.3) is 22.5 Å². The molecule has 7 rings (SSSR count). The number of fused-ring (bicyclic) bond motifs is 1. The van der Waals surface area contributed by atoms with E-state index in [2.05, 4.69) is 20.5 Å². The summed E-state index contributed by atoms with van der Waals surface area (Å²) in [5.41, 5.74) is 3.99. The van der Waals surface area contributed by atoms with Gasteiger partial charge in [-0.15, -0.1) is 0 Å². The number of carbonyl (C=O) groups is 4. The van der Waals surface area contributed by atoms with E-state index in [1.807, 2.05) is 17.7 Å².